The molecule has 0 aliphatic carbocycles. The third-order valence-corrected chi connectivity index (χ3v) is 3.24. The van der Waals surface area contributed by atoms with Crippen LogP contribution in [0.4, 0.5) is 0 Å². The Morgan fingerprint density at radius 1 is 1.36 bits per heavy atom. The lowest BCUT2D eigenvalue weighted by molar-refractivity contribution is -0.137. The number of hydrogen-bond acceptors (Lipinski definition) is 4. The van der Waals surface area contributed by atoms with Crippen molar-refractivity contribution in [1.29, 1.82) is 0 Å². The van der Waals surface area contributed by atoms with Gasteiger partial charge in [-0.25, -0.2) is 9.48 Å². The van der Waals surface area contributed by atoms with Crippen molar-refractivity contribution in [2.24, 2.45) is 0 Å². The number of nitrogens with one attached hydrogen (secondary N) is 1. The van der Waals surface area contributed by atoms with Crippen molar-refractivity contribution in [1.82, 2.24) is 19.5 Å². The van der Waals surface area contributed by atoms with Crippen molar-refractivity contribution < 1.29 is 14.7 Å². The quantitative estimate of drug-likeness (QED) is 0.763. The minimum Gasteiger partial charge on any atom is -0.481 e. The van der Waals surface area contributed by atoms with Gasteiger partial charge in [0.25, 0.3) is 0 Å². The van der Waals surface area contributed by atoms with Crippen LogP contribution < -0.4 is 11.0 Å². The average molecular weight is 306 g/mol. The zero-order valence-electron chi connectivity index (χ0n) is 12.2. The normalized spacial score (nSPS) is 12.2. The van der Waals surface area contributed by atoms with Gasteiger partial charge in [-0.2, -0.15) is 0 Å². The van der Waals surface area contributed by atoms with Gasteiger partial charge >= 0.3 is 11.7 Å². The fourth-order valence-electron chi connectivity index (χ4n) is 2.08. The Bertz CT molecular complexity index is 734. The van der Waals surface area contributed by atoms with Gasteiger partial charge in [-0.3, -0.25) is 14.0 Å². The number of carboxylic acid groups (broad SMARTS) is 1. The number of pyridine rings is 1. The molecule has 2 N–H and O–H groups in total. The lowest BCUT2D eigenvalue weighted by atomic mass is 10.2. The highest BCUT2D eigenvalue weighted by atomic mass is 16.4. The maximum atomic E-state index is 12.0. The summed E-state index contributed by atoms with van der Waals surface area (Å²) < 4.78 is 2.66. The van der Waals surface area contributed by atoms with Crippen LogP contribution in [0, 0.1) is 0 Å². The van der Waals surface area contributed by atoms with Crippen LogP contribution >= 0.6 is 0 Å². The third kappa shape index (κ3) is 3.94. The average Bonchev–Trinajstić information content (AvgIpc) is 2.80. The number of carbonyl (C=O) groups is 2. The molecule has 0 bridgehead atoms. The van der Waals surface area contributed by atoms with Crippen LogP contribution in [-0.4, -0.2) is 37.2 Å². The first-order valence-electron chi connectivity index (χ1n) is 7.02. The highest BCUT2D eigenvalue weighted by Gasteiger charge is 2.11. The lowest BCUT2D eigenvalue weighted by Gasteiger charge is -2.12. The van der Waals surface area contributed by atoms with E-state index in [1.54, 1.807) is 31.3 Å². The molecule has 0 saturated carbocycles. The van der Waals surface area contributed by atoms with Crippen molar-refractivity contribution in [2.45, 2.75) is 38.8 Å². The fraction of sp³-hybridized carbons (Fsp3) is 0.429. The van der Waals surface area contributed by atoms with E-state index in [0.29, 0.717) is 12.1 Å². The number of rotatable bonds is 7. The van der Waals surface area contributed by atoms with Crippen LogP contribution in [0.1, 0.15) is 26.2 Å². The molecular weight excluding hydrogens is 288 g/mol. The SMILES string of the molecule is CC(CCC(=O)O)NC(=O)CCn1nc2ccccn2c1=O. The molecule has 0 aromatic carbocycles. The molecule has 1 unspecified atom stereocenters. The van der Waals surface area contributed by atoms with Gasteiger partial charge in [-0.1, -0.05) is 6.07 Å². The number of amides is 1. The van der Waals surface area contributed by atoms with Crippen LogP contribution in [0.2, 0.25) is 0 Å². The van der Waals surface area contributed by atoms with E-state index >= 15 is 0 Å². The molecule has 118 valence electrons. The van der Waals surface area contributed by atoms with Gasteiger partial charge in [0.2, 0.25) is 5.91 Å². The molecule has 8 heteroatoms. The van der Waals surface area contributed by atoms with Gasteiger partial charge in [0.15, 0.2) is 5.65 Å². The second-order valence-corrected chi connectivity index (χ2v) is 5.09. The van der Waals surface area contributed by atoms with E-state index in [1.165, 1.54) is 9.08 Å². The highest BCUT2D eigenvalue weighted by molar-refractivity contribution is 5.76. The highest BCUT2D eigenvalue weighted by Crippen LogP contribution is 1.99. The van der Waals surface area contributed by atoms with Crippen molar-refractivity contribution in [3.63, 3.8) is 0 Å². The van der Waals surface area contributed by atoms with Gasteiger partial charge in [-0.15, -0.1) is 5.10 Å². The Morgan fingerprint density at radius 3 is 2.82 bits per heavy atom. The molecule has 2 aromatic rings. The Kier molecular flexibility index (Phi) is 4.92. The second kappa shape index (κ2) is 6.88. The summed E-state index contributed by atoms with van der Waals surface area (Å²) in [6.07, 6.45) is 2.11. The van der Waals surface area contributed by atoms with E-state index in [1.807, 2.05) is 0 Å². The van der Waals surface area contributed by atoms with Crippen LogP contribution in [0.15, 0.2) is 29.2 Å². The zero-order chi connectivity index (χ0) is 16.1. The number of carbonyl (C=O) groups excluding carboxylic acids is 1. The van der Waals surface area contributed by atoms with E-state index in [4.69, 9.17) is 5.11 Å². The maximum absolute atomic E-state index is 12.0. The molecule has 0 radical (unpaired) electrons. The molecule has 8 nitrogen and oxygen atoms in total. The van der Waals surface area contributed by atoms with Gasteiger partial charge in [0.1, 0.15) is 0 Å². The molecule has 0 spiro atoms. The van der Waals surface area contributed by atoms with E-state index < -0.39 is 5.97 Å². The van der Waals surface area contributed by atoms with Crippen LogP contribution in [0.25, 0.3) is 5.65 Å². The molecule has 1 atom stereocenters. The number of aliphatic carboxylic acids is 1. The molecule has 1 amide bonds. The van der Waals surface area contributed by atoms with E-state index in [0.717, 1.165) is 0 Å². The molecule has 0 aliphatic rings. The monoisotopic (exact) mass is 306 g/mol. The largest absolute Gasteiger partial charge is 0.481 e. The van der Waals surface area contributed by atoms with Crippen molar-refractivity contribution in [3.05, 3.63) is 34.9 Å². The zero-order valence-corrected chi connectivity index (χ0v) is 12.2. The molecule has 2 rings (SSSR count). The lowest BCUT2D eigenvalue weighted by Crippen LogP contribution is -2.34. The number of aryl methyl sites for hydroxylation is 1. The van der Waals surface area contributed by atoms with Gasteiger partial charge in [0, 0.05) is 25.1 Å². The summed E-state index contributed by atoms with van der Waals surface area (Å²) in [6, 6.07) is 5.01. The topological polar surface area (TPSA) is 106 Å². The minimum atomic E-state index is -0.891. The summed E-state index contributed by atoms with van der Waals surface area (Å²) in [5.41, 5.74) is 0.241. The van der Waals surface area contributed by atoms with Gasteiger partial charge in [-0.05, 0) is 25.5 Å². The molecule has 2 aromatic heterocycles. The number of nitrogens with zero attached hydrogens (tertiary/aromatic N) is 3. The summed E-state index contributed by atoms with van der Waals surface area (Å²) in [7, 11) is 0. The molecular formula is C14H18N4O4. The second-order valence-electron chi connectivity index (χ2n) is 5.09. The first kappa shape index (κ1) is 15.7. The number of fused-ring (bicyclic) bond motifs is 1. The van der Waals surface area contributed by atoms with Gasteiger partial charge in [0.05, 0.1) is 6.54 Å². The van der Waals surface area contributed by atoms with Gasteiger partial charge < -0.3 is 10.4 Å². The molecule has 22 heavy (non-hydrogen) atoms. The van der Waals surface area contributed by atoms with Crippen molar-refractivity contribution in [2.75, 3.05) is 0 Å². The molecule has 0 aliphatic heterocycles. The maximum Gasteiger partial charge on any atom is 0.350 e. The third-order valence-electron chi connectivity index (χ3n) is 3.24. The summed E-state index contributed by atoms with van der Waals surface area (Å²) in [6.45, 7) is 1.93. The minimum absolute atomic E-state index is 0.00728. The summed E-state index contributed by atoms with van der Waals surface area (Å²) in [4.78, 5) is 34.3. The van der Waals surface area contributed by atoms with Crippen molar-refractivity contribution in [3.8, 4) is 0 Å². The molecule has 2 heterocycles. The predicted octanol–water partition coefficient (Wildman–Crippen LogP) is 0.256. The first-order valence-corrected chi connectivity index (χ1v) is 7.02. The van der Waals surface area contributed by atoms with Crippen LogP contribution in [0.5, 0.6) is 0 Å². The summed E-state index contributed by atoms with van der Waals surface area (Å²) >= 11 is 0. The standard InChI is InChI=1S/C14H18N4O4/c1-10(5-6-13(20)21)15-12(19)7-9-18-14(22)17-8-3-2-4-11(17)16-18/h2-4,8,10H,5-7,9H2,1H3,(H,15,19)(H,20,21). The van der Waals surface area contributed by atoms with Crippen molar-refractivity contribution >= 4 is 17.5 Å². The number of carboxylic acids is 1. The molecule has 0 saturated heterocycles. The molecule has 0 fully saturated rings. The predicted molar refractivity (Wildman–Crippen MR) is 78.5 cm³/mol. The summed E-state index contributed by atoms with van der Waals surface area (Å²) in [5.74, 6) is -1.13. The van der Waals surface area contributed by atoms with E-state index in [-0.39, 0.29) is 37.0 Å². The number of hydrogen-bond donors (Lipinski definition) is 2. The Labute approximate surface area is 126 Å². The Morgan fingerprint density at radius 2 is 2.14 bits per heavy atom. The first-order chi connectivity index (χ1) is 10.5. The Balaban J connectivity index is 1.89. The fourth-order valence-corrected chi connectivity index (χ4v) is 2.08. The number of aromatic nitrogens is 3. The van der Waals surface area contributed by atoms with Crippen LogP contribution in [0.3, 0.4) is 0 Å². The smallest absolute Gasteiger partial charge is 0.350 e. The van der Waals surface area contributed by atoms with E-state index in [9.17, 15) is 14.4 Å². The summed E-state index contributed by atoms with van der Waals surface area (Å²) in [5, 5.41) is 15.4. The van der Waals surface area contributed by atoms with Crippen LogP contribution in [-0.2, 0) is 16.1 Å². The Hall–Kier alpha value is -2.64. The van der Waals surface area contributed by atoms with E-state index in [2.05, 4.69) is 10.4 Å².